The van der Waals surface area contributed by atoms with E-state index in [0.29, 0.717) is 29.3 Å². The number of nitrogens with one attached hydrogen (secondary N) is 2. The second kappa shape index (κ2) is 12.6. The first-order valence-electron chi connectivity index (χ1n) is 14.8. The van der Waals surface area contributed by atoms with E-state index < -0.39 is 0 Å². The van der Waals surface area contributed by atoms with Crippen LogP contribution in [0.3, 0.4) is 0 Å². The van der Waals surface area contributed by atoms with Gasteiger partial charge in [-0.05, 0) is 78.6 Å². The quantitative estimate of drug-likeness (QED) is 0.266. The number of rotatable bonds is 8. The van der Waals surface area contributed by atoms with Crippen LogP contribution >= 0.6 is 0 Å². The molecule has 4 aromatic carbocycles. The van der Waals surface area contributed by atoms with Gasteiger partial charge in [0, 0.05) is 43.2 Å². The SMILES string of the molecule is O=C(NCC1CCCO1)c1cc(NC(=O)c2cccc3ccccc23)ccc1N1CCC(Cc2ccccc2)CC1. The van der Waals surface area contributed by atoms with E-state index >= 15 is 0 Å². The Kier molecular flexibility index (Phi) is 8.28. The number of ether oxygens (including phenoxy) is 1. The van der Waals surface area contributed by atoms with Crippen molar-refractivity contribution in [3.8, 4) is 0 Å². The van der Waals surface area contributed by atoms with Crippen molar-refractivity contribution in [3.63, 3.8) is 0 Å². The fourth-order valence-corrected chi connectivity index (χ4v) is 6.13. The minimum atomic E-state index is -0.193. The summed E-state index contributed by atoms with van der Waals surface area (Å²) in [6.45, 7) is 3.03. The average molecular weight is 548 g/mol. The fraction of sp³-hybridized carbons (Fsp3) is 0.314. The van der Waals surface area contributed by atoms with Crippen molar-refractivity contribution in [2.45, 2.75) is 38.2 Å². The predicted octanol–water partition coefficient (Wildman–Crippen LogP) is 6.46. The molecule has 0 aromatic heterocycles. The molecule has 0 spiro atoms. The van der Waals surface area contributed by atoms with Crippen molar-refractivity contribution in [3.05, 3.63) is 108 Å². The van der Waals surface area contributed by atoms with E-state index in [0.717, 1.165) is 68.3 Å². The number of hydrogen-bond donors (Lipinski definition) is 2. The Bertz CT molecular complexity index is 1500. The van der Waals surface area contributed by atoms with Crippen molar-refractivity contribution in [1.29, 1.82) is 0 Å². The number of piperidine rings is 1. The monoisotopic (exact) mass is 547 g/mol. The summed E-state index contributed by atoms with van der Waals surface area (Å²) in [5, 5.41) is 8.05. The number of nitrogens with zero attached hydrogens (tertiary/aromatic N) is 1. The van der Waals surface area contributed by atoms with E-state index in [9.17, 15) is 9.59 Å². The van der Waals surface area contributed by atoms with Gasteiger partial charge in [-0.2, -0.15) is 0 Å². The molecule has 0 bridgehead atoms. The van der Waals surface area contributed by atoms with Gasteiger partial charge in [0.2, 0.25) is 0 Å². The van der Waals surface area contributed by atoms with Gasteiger partial charge in [0.1, 0.15) is 0 Å². The van der Waals surface area contributed by atoms with Crippen molar-refractivity contribution >= 4 is 34.0 Å². The number of benzene rings is 4. The first-order valence-corrected chi connectivity index (χ1v) is 14.8. The average Bonchev–Trinajstić information content (AvgIpc) is 3.54. The molecule has 0 radical (unpaired) electrons. The van der Waals surface area contributed by atoms with Crippen LogP contribution in [0.1, 0.15) is 52.0 Å². The van der Waals surface area contributed by atoms with Gasteiger partial charge >= 0.3 is 0 Å². The number of fused-ring (bicyclic) bond motifs is 1. The molecule has 6 rings (SSSR count). The molecule has 0 aliphatic carbocycles. The Labute approximate surface area is 241 Å². The van der Waals surface area contributed by atoms with Crippen LogP contribution < -0.4 is 15.5 Å². The predicted molar refractivity (Wildman–Crippen MR) is 165 cm³/mol. The maximum atomic E-state index is 13.5. The van der Waals surface area contributed by atoms with Crippen molar-refractivity contribution in [2.24, 2.45) is 5.92 Å². The minimum Gasteiger partial charge on any atom is -0.376 e. The van der Waals surface area contributed by atoms with Crippen LogP contribution in [-0.2, 0) is 11.2 Å². The van der Waals surface area contributed by atoms with E-state index in [4.69, 9.17) is 4.74 Å². The molecule has 210 valence electrons. The standard InChI is InChI=1S/C35H37N3O3/c39-34(36-24-29-12-7-21-41-29)32-23-28(37-35(40)31-14-6-11-27-10-4-5-13-30(27)31)15-16-33(32)38-19-17-26(18-20-38)22-25-8-2-1-3-9-25/h1-6,8-11,13-16,23,26,29H,7,12,17-22,24H2,(H,36,39)(H,37,40). The first-order chi connectivity index (χ1) is 20.1. The van der Waals surface area contributed by atoms with Crippen molar-refractivity contribution < 1.29 is 14.3 Å². The molecular formula is C35H37N3O3. The van der Waals surface area contributed by atoms with Crippen molar-refractivity contribution in [2.75, 3.05) is 36.5 Å². The number of carbonyl (C=O) groups excluding carboxylic acids is 2. The van der Waals surface area contributed by atoms with Crippen LogP contribution in [0.15, 0.2) is 91.0 Å². The number of carbonyl (C=O) groups is 2. The molecule has 2 aliphatic heterocycles. The molecule has 0 saturated carbocycles. The molecule has 1 unspecified atom stereocenters. The number of hydrogen-bond acceptors (Lipinski definition) is 4. The number of anilines is 2. The van der Waals surface area contributed by atoms with Gasteiger partial charge in [0.15, 0.2) is 0 Å². The third-order valence-corrected chi connectivity index (χ3v) is 8.37. The molecule has 6 nitrogen and oxygen atoms in total. The molecule has 2 amide bonds. The summed E-state index contributed by atoms with van der Waals surface area (Å²) in [6, 6.07) is 30.0. The van der Waals surface area contributed by atoms with Crippen molar-refractivity contribution in [1.82, 2.24) is 5.32 Å². The highest BCUT2D eigenvalue weighted by Crippen LogP contribution is 2.31. The molecule has 2 N–H and O–H groups in total. The van der Waals surface area contributed by atoms with Gasteiger partial charge in [-0.25, -0.2) is 0 Å². The van der Waals surface area contributed by atoms with Crippen LogP contribution in [0.25, 0.3) is 10.8 Å². The summed E-state index contributed by atoms with van der Waals surface area (Å²) >= 11 is 0. The highest BCUT2D eigenvalue weighted by atomic mass is 16.5. The highest BCUT2D eigenvalue weighted by Gasteiger charge is 2.25. The van der Waals surface area contributed by atoms with Gasteiger partial charge in [0.05, 0.1) is 11.7 Å². The smallest absolute Gasteiger partial charge is 0.256 e. The molecule has 6 heteroatoms. The van der Waals surface area contributed by atoms with Crippen LogP contribution in [0.2, 0.25) is 0 Å². The van der Waals surface area contributed by atoms with E-state index in [2.05, 4.69) is 45.9 Å². The Balaban J connectivity index is 1.20. The van der Waals surface area contributed by atoms with E-state index in [1.165, 1.54) is 5.56 Å². The van der Waals surface area contributed by atoms with Gasteiger partial charge in [0.25, 0.3) is 11.8 Å². The van der Waals surface area contributed by atoms with Gasteiger partial charge < -0.3 is 20.3 Å². The third-order valence-electron chi connectivity index (χ3n) is 8.37. The van der Waals surface area contributed by atoms with E-state index in [1.54, 1.807) is 0 Å². The molecule has 4 aromatic rings. The molecule has 41 heavy (non-hydrogen) atoms. The molecular weight excluding hydrogens is 510 g/mol. The van der Waals surface area contributed by atoms with Gasteiger partial charge in [-0.15, -0.1) is 0 Å². The number of amides is 2. The lowest BCUT2D eigenvalue weighted by Crippen LogP contribution is -2.37. The lowest BCUT2D eigenvalue weighted by Gasteiger charge is -2.35. The summed E-state index contributed by atoms with van der Waals surface area (Å²) < 4.78 is 5.72. The largest absolute Gasteiger partial charge is 0.376 e. The summed E-state index contributed by atoms with van der Waals surface area (Å²) in [6.07, 6.45) is 5.28. The molecule has 2 aliphatic rings. The Morgan fingerprint density at radius 1 is 0.805 bits per heavy atom. The third kappa shape index (κ3) is 6.44. The fourth-order valence-electron chi connectivity index (χ4n) is 6.13. The van der Waals surface area contributed by atoms with Crippen LogP contribution in [0.5, 0.6) is 0 Å². The second-order valence-electron chi connectivity index (χ2n) is 11.2. The summed E-state index contributed by atoms with van der Waals surface area (Å²) in [4.78, 5) is 29.2. The lowest BCUT2D eigenvalue weighted by molar-refractivity contribution is 0.0858. The summed E-state index contributed by atoms with van der Waals surface area (Å²) in [7, 11) is 0. The maximum Gasteiger partial charge on any atom is 0.256 e. The second-order valence-corrected chi connectivity index (χ2v) is 11.2. The van der Waals surface area contributed by atoms with Gasteiger partial charge in [-0.1, -0.05) is 66.7 Å². The topological polar surface area (TPSA) is 70.7 Å². The Hall–Kier alpha value is -4.16. The van der Waals surface area contributed by atoms with Crippen LogP contribution in [-0.4, -0.2) is 44.2 Å². The van der Waals surface area contributed by atoms with E-state index in [-0.39, 0.29) is 17.9 Å². The zero-order valence-electron chi connectivity index (χ0n) is 23.4. The first kappa shape index (κ1) is 27.0. The highest BCUT2D eigenvalue weighted by molar-refractivity contribution is 6.13. The van der Waals surface area contributed by atoms with Crippen LogP contribution in [0, 0.1) is 5.92 Å². The zero-order valence-corrected chi connectivity index (χ0v) is 23.4. The molecule has 1 atom stereocenters. The van der Waals surface area contributed by atoms with E-state index in [1.807, 2.05) is 60.7 Å². The minimum absolute atomic E-state index is 0.0605. The zero-order chi connectivity index (χ0) is 28.0. The van der Waals surface area contributed by atoms with Gasteiger partial charge in [-0.3, -0.25) is 9.59 Å². The molecule has 2 fully saturated rings. The molecule has 2 saturated heterocycles. The summed E-state index contributed by atoms with van der Waals surface area (Å²) in [5.41, 5.74) is 4.09. The Morgan fingerprint density at radius 2 is 1.59 bits per heavy atom. The molecule has 2 heterocycles. The summed E-state index contributed by atoms with van der Waals surface area (Å²) in [5.74, 6) is 0.301. The lowest BCUT2D eigenvalue weighted by atomic mass is 9.89. The normalized spacial score (nSPS) is 17.5. The van der Waals surface area contributed by atoms with Crippen LogP contribution in [0.4, 0.5) is 11.4 Å². The Morgan fingerprint density at radius 3 is 2.39 bits per heavy atom. The maximum absolute atomic E-state index is 13.5.